The van der Waals surface area contributed by atoms with E-state index >= 15 is 0 Å². The minimum atomic E-state index is -0.997. The van der Waals surface area contributed by atoms with Crippen molar-refractivity contribution >= 4 is 5.95 Å². The van der Waals surface area contributed by atoms with Crippen molar-refractivity contribution in [3.05, 3.63) is 40.7 Å². The molecule has 0 amide bonds. The molecule has 7 heteroatoms. The Labute approximate surface area is 150 Å². The van der Waals surface area contributed by atoms with Gasteiger partial charge in [-0.2, -0.15) is 0 Å². The number of benzene rings is 1. The fraction of sp³-hybridized carbons (Fsp3) is 0.474. The molecule has 26 heavy (non-hydrogen) atoms. The first kappa shape index (κ1) is 14.8. The molecule has 4 N–H and O–H groups in total. The van der Waals surface area contributed by atoms with E-state index < -0.39 is 17.1 Å². The minimum absolute atomic E-state index is 0.0176. The maximum atomic E-state index is 12.1. The number of phenolic OH excluding ortho intramolecular Hbond substituents is 1. The van der Waals surface area contributed by atoms with E-state index in [1.54, 1.807) is 12.3 Å². The van der Waals surface area contributed by atoms with Crippen molar-refractivity contribution in [1.29, 1.82) is 0 Å². The third kappa shape index (κ3) is 1.38. The lowest BCUT2D eigenvalue weighted by atomic mass is 9.49. The molecule has 4 atom stereocenters. The number of likely N-dealkylation sites (N-methyl/N-ethyl adjacent to an activating group) is 1. The quantitative estimate of drug-likeness (QED) is 0.640. The number of nitrogens with zero attached hydrogens (tertiary/aromatic N) is 3. The van der Waals surface area contributed by atoms with Gasteiger partial charge in [-0.15, -0.1) is 0 Å². The lowest BCUT2D eigenvalue weighted by Crippen LogP contribution is -2.74. The van der Waals surface area contributed by atoms with Crippen molar-refractivity contribution in [2.75, 3.05) is 19.3 Å². The van der Waals surface area contributed by atoms with Gasteiger partial charge in [0.15, 0.2) is 17.6 Å². The third-order valence-electron chi connectivity index (χ3n) is 7.11. The predicted molar refractivity (Wildman–Crippen MR) is 93.0 cm³/mol. The lowest BCUT2D eigenvalue weighted by molar-refractivity contribution is -0.168. The molecule has 1 fully saturated rings. The number of hydrogen-bond acceptors (Lipinski definition) is 7. The van der Waals surface area contributed by atoms with E-state index in [-0.39, 0.29) is 17.7 Å². The number of nitrogens with two attached hydrogens (primary N) is 1. The second kappa shape index (κ2) is 4.29. The van der Waals surface area contributed by atoms with Gasteiger partial charge in [-0.05, 0) is 43.6 Å². The van der Waals surface area contributed by atoms with Crippen LogP contribution in [0.25, 0.3) is 0 Å². The molecule has 1 spiro atoms. The van der Waals surface area contributed by atoms with Crippen LogP contribution in [0.3, 0.4) is 0 Å². The van der Waals surface area contributed by atoms with Crippen molar-refractivity contribution < 1.29 is 14.9 Å². The molecule has 6 rings (SSSR count). The van der Waals surface area contributed by atoms with Gasteiger partial charge < -0.3 is 25.6 Å². The summed E-state index contributed by atoms with van der Waals surface area (Å²) in [7, 11) is 2.07. The molecule has 2 aliphatic carbocycles. The van der Waals surface area contributed by atoms with Crippen LogP contribution in [-0.4, -0.2) is 50.3 Å². The summed E-state index contributed by atoms with van der Waals surface area (Å²) in [5, 5.41) is 22.6. The van der Waals surface area contributed by atoms with Gasteiger partial charge in [-0.25, -0.2) is 9.97 Å². The van der Waals surface area contributed by atoms with Crippen molar-refractivity contribution in [2.24, 2.45) is 0 Å². The Morgan fingerprint density at radius 3 is 3.04 bits per heavy atom. The second-order valence-electron chi connectivity index (χ2n) is 8.11. The molecule has 7 nitrogen and oxygen atoms in total. The molecular formula is C19H20N4O3. The summed E-state index contributed by atoms with van der Waals surface area (Å²) >= 11 is 0. The van der Waals surface area contributed by atoms with Crippen molar-refractivity contribution in [2.45, 2.75) is 42.4 Å². The average molecular weight is 352 g/mol. The standard InChI is InChI=1S/C19H20N4O3/c1-23-5-4-18-13-9-2-3-11(24)15(13)26-16(18)14-10(8-21-17(20)22-14)7-19(18,25)12(23)6-9/h2-3,8,12,16,24-25H,4-7H2,1H3,(H2,20,21,22)/t12-,16+,18+,19-/m1/s1. The van der Waals surface area contributed by atoms with Gasteiger partial charge in [0.05, 0.1) is 16.7 Å². The van der Waals surface area contributed by atoms with Crippen LogP contribution >= 0.6 is 0 Å². The molecule has 0 saturated carbocycles. The molecule has 4 aliphatic rings. The summed E-state index contributed by atoms with van der Waals surface area (Å²) in [6.45, 7) is 0.858. The predicted octanol–water partition coefficient (Wildman–Crippen LogP) is 0.683. The van der Waals surface area contributed by atoms with Gasteiger partial charge in [0.2, 0.25) is 5.95 Å². The van der Waals surface area contributed by atoms with E-state index in [1.165, 1.54) is 0 Å². The smallest absolute Gasteiger partial charge is 0.220 e. The van der Waals surface area contributed by atoms with Crippen molar-refractivity contribution in [1.82, 2.24) is 14.9 Å². The minimum Gasteiger partial charge on any atom is -0.504 e. The highest BCUT2D eigenvalue weighted by molar-refractivity contribution is 5.64. The number of ether oxygens (including phenoxy) is 1. The molecule has 3 heterocycles. The highest BCUT2D eigenvalue weighted by Gasteiger charge is 2.72. The number of aromatic nitrogens is 2. The van der Waals surface area contributed by atoms with Crippen LogP contribution in [0.5, 0.6) is 11.5 Å². The summed E-state index contributed by atoms with van der Waals surface area (Å²) in [6, 6.07) is 3.64. The SMILES string of the molecule is CN1CC[C@]23c4c5ccc(O)c4O[C@H]2c2nc(N)ncc2C[C@@]3(O)[C@H]1C5. The van der Waals surface area contributed by atoms with Gasteiger partial charge in [0.25, 0.3) is 0 Å². The average Bonchev–Trinajstić information content (AvgIpc) is 2.96. The van der Waals surface area contributed by atoms with Crippen LogP contribution < -0.4 is 10.5 Å². The first-order chi connectivity index (χ1) is 12.5. The van der Waals surface area contributed by atoms with Gasteiger partial charge in [-0.3, -0.25) is 0 Å². The van der Waals surface area contributed by atoms with Gasteiger partial charge in [-0.1, -0.05) is 6.07 Å². The van der Waals surface area contributed by atoms with E-state index in [0.717, 1.165) is 41.8 Å². The highest BCUT2D eigenvalue weighted by atomic mass is 16.5. The Morgan fingerprint density at radius 1 is 1.35 bits per heavy atom. The van der Waals surface area contributed by atoms with Crippen LogP contribution in [0.2, 0.25) is 0 Å². The number of fused-ring (bicyclic) bond motifs is 2. The molecule has 2 aromatic rings. The first-order valence-electron chi connectivity index (χ1n) is 9.01. The summed E-state index contributed by atoms with van der Waals surface area (Å²) in [5.41, 5.74) is 7.99. The number of piperidine rings is 1. The number of anilines is 1. The fourth-order valence-electron chi connectivity index (χ4n) is 6.01. The molecule has 0 unspecified atom stereocenters. The summed E-state index contributed by atoms with van der Waals surface area (Å²) in [4.78, 5) is 10.9. The van der Waals surface area contributed by atoms with Gasteiger partial charge >= 0.3 is 0 Å². The molecule has 1 aromatic carbocycles. The Balaban J connectivity index is 1.73. The molecule has 134 valence electrons. The molecule has 0 radical (unpaired) electrons. The van der Waals surface area contributed by atoms with Crippen LogP contribution in [-0.2, 0) is 18.3 Å². The van der Waals surface area contributed by atoms with E-state index in [4.69, 9.17) is 10.5 Å². The Morgan fingerprint density at radius 2 is 2.19 bits per heavy atom. The van der Waals surface area contributed by atoms with Crippen LogP contribution in [0.1, 0.15) is 34.9 Å². The maximum Gasteiger partial charge on any atom is 0.220 e. The number of nitrogen functional groups attached to an aromatic ring is 1. The zero-order valence-corrected chi connectivity index (χ0v) is 14.4. The van der Waals surface area contributed by atoms with Crippen molar-refractivity contribution in [3.8, 4) is 11.5 Å². The monoisotopic (exact) mass is 352 g/mol. The molecule has 2 bridgehead atoms. The zero-order valence-electron chi connectivity index (χ0n) is 14.4. The summed E-state index contributed by atoms with van der Waals surface area (Å²) in [6.07, 6.45) is 3.19. The largest absolute Gasteiger partial charge is 0.504 e. The highest BCUT2D eigenvalue weighted by Crippen LogP contribution is 2.68. The summed E-state index contributed by atoms with van der Waals surface area (Å²) < 4.78 is 6.32. The zero-order chi connectivity index (χ0) is 17.8. The Bertz CT molecular complexity index is 979. The van der Waals surface area contributed by atoms with Gasteiger partial charge in [0, 0.05) is 24.2 Å². The number of phenols is 1. The molecule has 1 aromatic heterocycles. The lowest BCUT2D eigenvalue weighted by Gasteiger charge is -2.62. The van der Waals surface area contributed by atoms with Crippen LogP contribution in [0.15, 0.2) is 18.3 Å². The second-order valence-corrected chi connectivity index (χ2v) is 8.11. The normalized spacial score (nSPS) is 36.2. The van der Waals surface area contributed by atoms with E-state index in [1.807, 2.05) is 6.07 Å². The first-order valence-corrected chi connectivity index (χ1v) is 9.01. The fourth-order valence-corrected chi connectivity index (χ4v) is 6.01. The Hall–Kier alpha value is -2.38. The van der Waals surface area contributed by atoms with E-state index in [9.17, 15) is 10.2 Å². The molecule has 1 saturated heterocycles. The number of hydrogen-bond donors (Lipinski definition) is 3. The summed E-state index contributed by atoms with van der Waals surface area (Å²) in [5.74, 6) is 0.824. The number of likely N-dealkylation sites (tertiary alicyclic amines) is 1. The van der Waals surface area contributed by atoms with E-state index in [0.29, 0.717) is 12.2 Å². The third-order valence-corrected chi connectivity index (χ3v) is 7.11. The number of aromatic hydroxyl groups is 1. The Kier molecular flexibility index (Phi) is 2.44. The molecular weight excluding hydrogens is 332 g/mol. The number of rotatable bonds is 0. The number of aliphatic hydroxyl groups is 1. The van der Waals surface area contributed by atoms with E-state index in [2.05, 4.69) is 21.9 Å². The van der Waals surface area contributed by atoms with Crippen LogP contribution in [0.4, 0.5) is 5.95 Å². The van der Waals surface area contributed by atoms with Crippen LogP contribution in [0, 0.1) is 0 Å². The molecule has 2 aliphatic heterocycles. The topological polar surface area (TPSA) is 105 Å². The van der Waals surface area contributed by atoms with Crippen molar-refractivity contribution in [3.63, 3.8) is 0 Å². The maximum absolute atomic E-state index is 12.1. The van der Waals surface area contributed by atoms with Gasteiger partial charge in [0.1, 0.15) is 0 Å².